The van der Waals surface area contributed by atoms with Gasteiger partial charge in [-0.3, -0.25) is 0 Å². The first-order valence-corrected chi connectivity index (χ1v) is 5.85. The van der Waals surface area contributed by atoms with Crippen LogP contribution in [0.3, 0.4) is 0 Å². The molecule has 0 bridgehead atoms. The van der Waals surface area contributed by atoms with Gasteiger partial charge in [0.15, 0.2) is 0 Å². The zero-order valence-corrected chi connectivity index (χ0v) is 10.7. The van der Waals surface area contributed by atoms with Gasteiger partial charge >= 0.3 is 0 Å². The molecule has 15 heavy (non-hydrogen) atoms. The molecule has 0 fully saturated rings. The molecule has 1 heteroatoms. The molecule has 0 aliphatic carbocycles. The Morgan fingerprint density at radius 1 is 1.33 bits per heavy atom. The van der Waals surface area contributed by atoms with Crippen molar-refractivity contribution < 1.29 is 0 Å². The molecule has 0 N–H and O–H groups in total. The highest BCUT2D eigenvalue weighted by atomic mass is 15.0. The maximum absolute atomic E-state index is 2.38. The van der Waals surface area contributed by atoms with Gasteiger partial charge in [-0.1, -0.05) is 33.8 Å². The van der Waals surface area contributed by atoms with E-state index in [0.717, 1.165) is 13.0 Å². The third-order valence-electron chi connectivity index (χ3n) is 2.49. The van der Waals surface area contributed by atoms with Crippen LogP contribution in [-0.2, 0) is 6.54 Å². The fraction of sp³-hybridized carbons (Fsp3) is 0.571. The van der Waals surface area contributed by atoms with Crippen LogP contribution in [0.2, 0.25) is 0 Å². The van der Waals surface area contributed by atoms with Crippen LogP contribution in [0.25, 0.3) is 5.57 Å². The Hall–Kier alpha value is -0.980. The van der Waals surface area contributed by atoms with Gasteiger partial charge in [-0.25, -0.2) is 0 Å². The fourth-order valence-electron chi connectivity index (χ4n) is 1.86. The Kier molecular flexibility index (Phi) is 3.78. The maximum atomic E-state index is 2.38. The van der Waals surface area contributed by atoms with E-state index in [1.54, 1.807) is 0 Å². The summed E-state index contributed by atoms with van der Waals surface area (Å²) in [6.45, 7) is 12.2. The molecule has 84 valence electrons. The van der Waals surface area contributed by atoms with E-state index in [0.29, 0.717) is 0 Å². The number of rotatable bonds is 3. The van der Waals surface area contributed by atoms with Crippen LogP contribution >= 0.6 is 0 Å². The van der Waals surface area contributed by atoms with Crippen molar-refractivity contribution in [3.63, 3.8) is 0 Å². The molecule has 1 aromatic heterocycles. The number of aromatic nitrogens is 1. The first kappa shape index (κ1) is 12.1. The van der Waals surface area contributed by atoms with Crippen molar-refractivity contribution in [2.75, 3.05) is 0 Å². The van der Waals surface area contributed by atoms with Gasteiger partial charge < -0.3 is 4.57 Å². The predicted molar refractivity (Wildman–Crippen MR) is 67.8 cm³/mol. The van der Waals surface area contributed by atoms with Gasteiger partial charge in [0.2, 0.25) is 0 Å². The smallest absolute Gasteiger partial charge is 0.0435 e. The predicted octanol–water partition coefficient (Wildman–Crippen LogP) is 4.35. The maximum Gasteiger partial charge on any atom is 0.0435 e. The van der Waals surface area contributed by atoms with Gasteiger partial charge in [-0.15, -0.1) is 0 Å². The van der Waals surface area contributed by atoms with Crippen molar-refractivity contribution in [3.05, 3.63) is 30.1 Å². The van der Waals surface area contributed by atoms with Crippen LogP contribution in [0.1, 0.15) is 46.7 Å². The Bertz CT molecular complexity index is 336. The summed E-state index contributed by atoms with van der Waals surface area (Å²) in [5.41, 5.74) is 3.08. The number of hydrogen-bond acceptors (Lipinski definition) is 0. The molecule has 0 radical (unpaired) electrons. The summed E-state index contributed by atoms with van der Waals surface area (Å²) in [6.07, 6.45) is 5.64. The summed E-state index contributed by atoms with van der Waals surface area (Å²) in [7, 11) is 0. The summed E-state index contributed by atoms with van der Waals surface area (Å²) in [5.74, 6) is 0. The van der Waals surface area contributed by atoms with Crippen LogP contribution in [0.4, 0.5) is 0 Å². The first-order valence-electron chi connectivity index (χ1n) is 5.85. The van der Waals surface area contributed by atoms with E-state index in [9.17, 15) is 0 Å². The van der Waals surface area contributed by atoms with Crippen LogP contribution in [0.5, 0.6) is 0 Å². The summed E-state index contributed by atoms with van der Waals surface area (Å²) in [4.78, 5) is 0. The van der Waals surface area contributed by atoms with Crippen LogP contribution < -0.4 is 0 Å². The lowest BCUT2D eigenvalue weighted by Gasteiger charge is -2.17. The SMILES string of the molecule is CC/C(=C\C(C)(C)C)c1cccn1CC. The average molecular weight is 205 g/mol. The van der Waals surface area contributed by atoms with Crippen LogP contribution in [0.15, 0.2) is 24.4 Å². The fourth-order valence-corrected chi connectivity index (χ4v) is 1.86. The van der Waals surface area contributed by atoms with Gasteiger partial charge in [0.05, 0.1) is 0 Å². The standard InChI is InChI=1S/C14H23N/c1-6-12(11-14(3,4)5)13-9-8-10-15(13)7-2/h8-11H,6-7H2,1-5H3/b12-11+. The van der Waals surface area contributed by atoms with E-state index in [1.165, 1.54) is 11.3 Å². The molecule has 0 aliphatic heterocycles. The van der Waals surface area contributed by atoms with E-state index >= 15 is 0 Å². The van der Waals surface area contributed by atoms with Gasteiger partial charge in [0, 0.05) is 18.4 Å². The largest absolute Gasteiger partial charge is 0.348 e. The second kappa shape index (κ2) is 4.69. The molecule has 0 aliphatic rings. The van der Waals surface area contributed by atoms with Crippen molar-refractivity contribution in [2.24, 2.45) is 5.41 Å². The minimum atomic E-state index is 0.258. The highest BCUT2D eigenvalue weighted by Crippen LogP contribution is 2.26. The lowest BCUT2D eigenvalue weighted by atomic mass is 9.91. The zero-order chi connectivity index (χ0) is 11.5. The quantitative estimate of drug-likeness (QED) is 0.691. The normalized spacial score (nSPS) is 13.3. The molecule has 0 spiro atoms. The van der Waals surface area contributed by atoms with Crippen LogP contribution in [-0.4, -0.2) is 4.57 Å². The van der Waals surface area contributed by atoms with Crippen molar-refractivity contribution in [1.29, 1.82) is 0 Å². The summed E-state index contributed by atoms with van der Waals surface area (Å²) in [6, 6.07) is 4.34. The third kappa shape index (κ3) is 3.26. The molecule has 1 rings (SSSR count). The van der Waals surface area contributed by atoms with E-state index in [2.05, 4.69) is 63.6 Å². The first-order chi connectivity index (χ1) is 6.98. The number of hydrogen-bond donors (Lipinski definition) is 0. The monoisotopic (exact) mass is 205 g/mol. The third-order valence-corrected chi connectivity index (χ3v) is 2.49. The second-order valence-corrected chi connectivity index (χ2v) is 5.07. The average Bonchev–Trinajstić information content (AvgIpc) is 2.60. The molecular formula is C14H23N. The molecule has 1 heterocycles. The zero-order valence-electron chi connectivity index (χ0n) is 10.7. The van der Waals surface area contributed by atoms with Gasteiger partial charge in [0.25, 0.3) is 0 Å². The van der Waals surface area contributed by atoms with Crippen LogP contribution in [0, 0.1) is 5.41 Å². The van der Waals surface area contributed by atoms with E-state index < -0.39 is 0 Å². The Morgan fingerprint density at radius 2 is 2.00 bits per heavy atom. The van der Waals surface area contributed by atoms with E-state index in [1.807, 2.05) is 0 Å². The Balaban J connectivity index is 3.08. The Labute approximate surface area is 93.8 Å². The molecule has 0 saturated carbocycles. The highest BCUT2D eigenvalue weighted by molar-refractivity contribution is 5.63. The molecule has 0 amide bonds. The van der Waals surface area contributed by atoms with E-state index in [4.69, 9.17) is 0 Å². The molecule has 1 nitrogen and oxygen atoms in total. The molecule has 0 atom stereocenters. The minimum absolute atomic E-state index is 0.258. The number of nitrogens with zero attached hydrogens (tertiary/aromatic N) is 1. The lowest BCUT2D eigenvalue weighted by molar-refractivity contribution is 0.544. The molecule has 0 saturated heterocycles. The molecule has 1 aromatic rings. The number of allylic oxidation sites excluding steroid dienone is 2. The molecular weight excluding hydrogens is 182 g/mol. The van der Waals surface area contributed by atoms with Crippen molar-refractivity contribution in [2.45, 2.75) is 47.6 Å². The Morgan fingerprint density at radius 3 is 2.47 bits per heavy atom. The van der Waals surface area contributed by atoms with Gasteiger partial charge in [-0.2, -0.15) is 0 Å². The topological polar surface area (TPSA) is 4.93 Å². The minimum Gasteiger partial charge on any atom is -0.348 e. The summed E-state index contributed by atoms with van der Waals surface area (Å²) >= 11 is 0. The second-order valence-electron chi connectivity index (χ2n) is 5.07. The van der Waals surface area contributed by atoms with Gasteiger partial charge in [-0.05, 0) is 36.5 Å². The van der Waals surface area contributed by atoms with Crippen molar-refractivity contribution in [1.82, 2.24) is 4.57 Å². The molecule has 0 aromatic carbocycles. The van der Waals surface area contributed by atoms with Crippen molar-refractivity contribution >= 4 is 5.57 Å². The lowest BCUT2D eigenvalue weighted by Crippen LogP contribution is -2.04. The highest BCUT2D eigenvalue weighted by Gasteiger charge is 2.10. The summed E-state index contributed by atoms with van der Waals surface area (Å²) < 4.78 is 2.31. The number of aryl methyl sites for hydroxylation is 1. The van der Waals surface area contributed by atoms with Gasteiger partial charge in [0.1, 0.15) is 0 Å². The summed E-state index contributed by atoms with van der Waals surface area (Å²) in [5, 5.41) is 0. The van der Waals surface area contributed by atoms with E-state index in [-0.39, 0.29) is 5.41 Å². The molecule has 0 unspecified atom stereocenters. The van der Waals surface area contributed by atoms with Crippen molar-refractivity contribution in [3.8, 4) is 0 Å².